The van der Waals surface area contributed by atoms with E-state index in [0.29, 0.717) is 6.54 Å². The van der Waals surface area contributed by atoms with Crippen molar-refractivity contribution < 1.29 is 33.8 Å². The molecule has 0 aliphatic rings. The van der Waals surface area contributed by atoms with E-state index in [-0.39, 0.29) is 36.1 Å². The Morgan fingerprint density at radius 1 is 1.00 bits per heavy atom. The van der Waals surface area contributed by atoms with Crippen molar-refractivity contribution in [2.24, 2.45) is 0 Å². The average Bonchev–Trinajstić information content (AvgIpc) is 2.23. The van der Waals surface area contributed by atoms with Crippen LogP contribution in [0, 0.1) is 0 Å². The summed E-state index contributed by atoms with van der Waals surface area (Å²) in [7, 11) is -9.00. The predicted octanol–water partition coefficient (Wildman–Crippen LogP) is -0.149. The Labute approximate surface area is 141 Å². The van der Waals surface area contributed by atoms with E-state index in [4.69, 9.17) is 19.6 Å². The fourth-order valence-corrected chi connectivity index (χ4v) is 3.69. The molecule has 0 saturated heterocycles. The van der Waals surface area contributed by atoms with Crippen LogP contribution in [0.3, 0.4) is 0 Å². The fraction of sp³-hybridized carbons (Fsp3) is 1.00. The molecule has 0 amide bonds. The molecule has 0 saturated carbocycles. The van der Waals surface area contributed by atoms with E-state index in [0.717, 1.165) is 19.3 Å². The fourth-order valence-electron chi connectivity index (χ4n) is 1.55. The zero-order valence-electron chi connectivity index (χ0n) is 11.1. The third-order valence-corrected chi connectivity index (χ3v) is 6.78. The van der Waals surface area contributed by atoms with Crippen molar-refractivity contribution in [2.45, 2.75) is 37.7 Å². The van der Waals surface area contributed by atoms with Gasteiger partial charge in [0.25, 0.3) is 5.08 Å². The van der Waals surface area contributed by atoms with Gasteiger partial charge in [0.2, 0.25) is 0 Å². The molecule has 0 fully saturated rings. The zero-order valence-corrected chi connectivity index (χ0v) is 12.9. The molecule has 0 aliphatic carbocycles. The summed E-state index contributed by atoms with van der Waals surface area (Å²) < 4.78 is 22.2. The van der Waals surface area contributed by atoms with E-state index in [9.17, 15) is 14.2 Å². The Morgan fingerprint density at radius 2 is 1.45 bits per heavy atom. The number of hydrogen-bond donors (Lipinski definition) is 5. The van der Waals surface area contributed by atoms with Gasteiger partial charge < -0.3 is 29.6 Å². The summed E-state index contributed by atoms with van der Waals surface area (Å²) in [4.78, 5) is 37.5. The zero-order chi connectivity index (χ0) is 15.3. The van der Waals surface area contributed by atoms with Crippen LogP contribution in [0.25, 0.3) is 0 Å². The van der Waals surface area contributed by atoms with Crippen molar-refractivity contribution in [3.05, 3.63) is 0 Å². The third-order valence-electron chi connectivity index (χ3n) is 2.91. The first-order valence-corrected chi connectivity index (χ1v) is 9.20. The molecule has 5 N–H and O–H groups in total. The van der Waals surface area contributed by atoms with E-state index in [2.05, 4.69) is 0 Å². The van der Waals surface area contributed by atoms with Gasteiger partial charge in [-0.15, -0.1) is 0 Å². The van der Waals surface area contributed by atoms with Gasteiger partial charge in [-0.3, -0.25) is 9.13 Å². The van der Waals surface area contributed by atoms with E-state index in [1.54, 1.807) is 11.9 Å². The number of nitrogens with zero attached hydrogens (tertiary/aromatic N) is 1. The maximum atomic E-state index is 11.1. The summed E-state index contributed by atoms with van der Waals surface area (Å²) in [5, 5.41) is 6.35. The summed E-state index contributed by atoms with van der Waals surface area (Å²) in [6.45, 7) is 2.64. The van der Waals surface area contributed by atoms with Crippen molar-refractivity contribution in [3.63, 3.8) is 0 Å². The molecule has 0 atom stereocenters. The van der Waals surface area contributed by atoms with Crippen LogP contribution in [-0.2, 0) is 9.13 Å². The van der Waals surface area contributed by atoms with Gasteiger partial charge in [0.1, 0.15) is 0 Å². The second-order valence-corrected chi connectivity index (χ2v) is 8.63. The normalized spacial score (nSPS) is 13.4. The molecule has 0 aromatic heterocycles. The summed E-state index contributed by atoms with van der Waals surface area (Å²) in [5.74, 6) is 0. The molecular formula is C9H24NNaO7P2. The van der Waals surface area contributed by atoms with Crippen LogP contribution in [0.4, 0.5) is 0 Å². The molecule has 11 heteroatoms. The van der Waals surface area contributed by atoms with Crippen LogP contribution < -0.4 is 0 Å². The first-order valence-electron chi connectivity index (χ1n) is 5.98. The van der Waals surface area contributed by atoms with Crippen molar-refractivity contribution in [1.29, 1.82) is 0 Å². The van der Waals surface area contributed by atoms with E-state index >= 15 is 0 Å². The number of unbranched alkanes of at least 4 members (excludes halogenated alkanes) is 2. The Bertz CT molecular complexity index is 347. The van der Waals surface area contributed by atoms with Crippen molar-refractivity contribution in [1.82, 2.24) is 4.90 Å². The Kier molecular flexibility index (Phi) is 11.0. The van der Waals surface area contributed by atoms with Crippen molar-refractivity contribution in [2.75, 3.05) is 20.1 Å². The minimum atomic E-state index is -5.33. The second kappa shape index (κ2) is 9.38. The standard InChI is InChI=1S/C9H23NO7P2.Na.H/c1-3-4-5-7-10(2)8-6-9(11,18(12,13)14)19(15,16)17;;/h11H,3-8H2,1-2H3,(H2,12,13,14)(H2,15,16,17);;. The molecule has 0 spiro atoms. The van der Waals surface area contributed by atoms with Crippen molar-refractivity contribution in [3.8, 4) is 0 Å². The SMILES string of the molecule is CCCCCN(C)CCC(O)(P(=O)(O)O)P(=O)(O)O.[NaH]. The molecule has 0 aromatic rings. The number of hydrogen-bond acceptors (Lipinski definition) is 4. The summed E-state index contributed by atoms with van der Waals surface area (Å²) in [6, 6.07) is 0. The van der Waals surface area contributed by atoms with Gasteiger partial charge in [-0.1, -0.05) is 19.8 Å². The summed E-state index contributed by atoms with van der Waals surface area (Å²) >= 11 is 0. The predicted molar refractivity (Wildman–Crippen MR) is 77.8 cm³/mol. The molecular weight excluding hydrogens is 319 g/mol. The van der Waals surface area contributed by atoms with Crippen LogP contribution in [0.2, 0.25) is 0 Å². The molecule has 20 heavy (non-hydrogen) atoms. The molecule has 0 heterocycles. The second-order valence-electron chi connectivity index (χ2n) is 4.62. The van der Waals surface area contributed by atoms with Crippen LogP contribution in [-0.4, -0.2) is 84.4 Å². The van der Waals surface area contributed by atoms with Crippen molar-refractivity contribution >= 4 is 44.7 Å². The molecule has 0 unspecified atom stereocenters. The molecule has 0 bridgehead atoms. The molecule has 0 rings (SSSR count). The quantitative estimate of drug-likeness (QED) is 0.221. The van der Waals surface area contributed by atoms with Crippen LogP contribution in [0.5, 0.6) is 0 Å². The third kappa shape index (κ3) is 6.99. The van der Waals surface area contributed by atoms with Gasteiger partial charge in [0.05, 0.1) is 0 Å². The van der Waals surface area contributed by atoms with Gasteiger partial charge >= 0.3 is 44.7 Å². The maximum absolute atomic E-state index is 11.1. The van der Waals surface area contributed by atoms with Crippen LogP contribution in [0.15, 0.2) is 0 Å². The molecule has 0 radical (unpaired) electrons. The topological polar surface area (TPSA) is 139 Å². The number of rotatable bonds is 9. The first kappa shape index (κ1) is 23.5. The minimum absolute atomic E-state index is 0. The van der Waals surface area contributed by atoms with Gasteiger partial charge in [-0.25, -0.2) is 0 Å². The number of aliphatic hydroxyl groups is 1. The van der Waals surface area contributed by atoms with Crippen LogP contribution >= 0.6 is 15.2 Å². The monoisotopic (exact) mass is 343 g/mol. The van der Waals surface area contributed by atoms with Gasteiger partial charge in [-0.05, 0) is 20.0 Å². The van der Waals surface area contributed by atoms with E-state index < -0.39 is 26.7 Å². The molecule has 0 aliphatic heterocycles. The molecule has 0 aromatic carbocycles. The van der Waals surface area contributed by atoms with Crippen LogP contribution in [0.1, 0.15) is 32.6 Å². The van der Waals surface area contributed by atoms with E-state index in [1.165, 1.54) is 0 Å². The van der Waals surface area contributed by atoms with Gasteiger partial charge in [-0.2, -0.15) is 0 Å². The summed E-state index contributed by atoms with van der Waals surface area (Å²) in [6.07, 6.45) is 2.19. The van der Waals surface area contributed by atoms with Gasteiger partial charge in [0, 0.05) is 13.0 Å². The Balaban J connectivity index is 0. The Morgan fingerprint density at radius 3 is 1.80 bits per heavy atom. The van der Waals surface area contributed by atoms with Gasteiger partial charge in [0.15, 0.2) is 0 Å². The Hall–Kier alpha value is 1.22. The summed E-state index contributed by atoms with van der Waals surface area (Å²) in [5.41, 5.74) is 0. The van der Waals surface area contributed by atoms with E-state index in [1.807, 2.05) is 6.92 Å². The molecule has 8 nitrogen and oxygen atoms in total. The first-order chi connectivity index (χ1) is 8.45. The molecule has 118 valence electrons. The average molecular weight is 343 g/mol.